The van der Waals surface area contributed by atoms with Gasteiger partial charge in [-0.25, -0.2) is 4.98 Å². The summed E-state index contributed by atoms with van der Waals surface area (Å²) in [5.74, 6) is 0. The highest BCUT2D eigenvalue weighted by Gasteiger charge is 2.08. The van der Waals surface area contributed by atoms with E-state index in [4.69, 9.17) is 5.73 Å². The average Bonchev–Trinajstić information content (AvgIpc) is 2.65. The van der Waals surface area contributed by atoms with Crippen molar-refractivity contribution in [2.45, 2.75) is 16.6 Å². The van der Waals surface area contributed by atoms with E-state index in [-0.39, 0.29) is 0 Å². The number of hydrogen-bond donors (Lipinski definition) is 1. The Morgan fingerprint density at radius 1 is 1.50 bits per heavy atom. The molecule has 1 aromatic carbocycles. The quantitative estimate of drug-likeness (QED) is 0.947. The standard InChI is InChI=1S/C11H12BrN3S/c1-15-6-5-14-11(15)16-10-4-2-3-9(12)8(10)7-13/h2-6H,7,13H2,1H3. The van der Waals surface area contributed by atoms with E-state index in [2.05, 4.69) is 27.0 Å². The number of imidazole rings is 1. The summed E-state index contributed by atoms with van der Waals surface area (Å²) < 4.78 is 3.04. The van der Waals surface area contributed by atoms with Crippen LogP contribution in [0.1, 0.15) is 5.56 Å². The Morgan fingerprint density at radius 3 is 2.94 bits per heavy atom. The summed E-state index contributed by atoms with van der Waals surface area (Å²) in [6.07, 6.45) is 3.73. The van der Waals surface area contributed by atoms with E-state index in [0.29, 0.717) is 6.54 Å². The largest absolute Gasteiger partial charge is 0.329 e. The molecule has 1 heterocycles. The first-order chi connectivity index (χ1) is 7.72. The van der Waals surface area contributed by atoms with Crippen LogP contribution in [-0.4, -0.2) is 9.55 Å². The molecule has 16 heavy (non-hydrogen) atoms. The first-order valence-electron chi connectivity index (χ1n) is 4.85. The summed E-state index contributed by atoms with van der Waals surface area (Å²) >= 11 is 5.14. The van der Waals surface area contributed by atoms with Crippen molar-refractivity contribution in [3.05, 3.63) is 40.6 Å². The number of aromatic nitrogens is 2. The Labute approximate surface area is 107 Å². The van der Waals surface area contributed by atoms with Crippen LogP contribution < -0.4 is 5.73 Å². The Bertz CT molecular complexity index is 496. The van der Waals surface area contributed by atoms with Crippen LogP contribution >= 0.6 is 27.7 Å². The molecule has 5 heteroatoms. The van der Waals surface area contributed by atoms with Gasteiger partial charge in [0.25, 0.3) is 0 Å². The predicted octanol–water partition coefficient (Wildman–Crippen LogP) is 2.79. The molecule has 0 aliphatic heterocycles. The molecule has 2 N–H and O–H groups in total. The molecule has 0 bridgehead atoms. The summed E-state index contributed by atoms with van der Waals surface area (Å²) in [5, 5.41) is 0.966. The van der Waals surface area contributed by atoms with Gasteiger partial charge < -0.3 is 10.3 Å². The summed E-state index contributed by atoms with van der Waals surface area (Å²) in [6.45, 7) is 0.522. The highest BCUT2D eigenvalue weighted by atomic mass is 79.9. The third-order valence-electron chi connectivity index (χ3n) is 2.26. The van der Waals surface area contributed by atoms with Gasteiger partial charge in [-0.15, -0.1) is 0 Å². The highest BCUT2D eigenvalue weighted by molar-refractivity contribution is 9.10. The molecule has 0 saturated heterocycles. The van der Waals surface area contributed by atoms with E-state index < -0.39 is 0 Å². The fourth-order valence-electron chi connectivity index (χ4n) is 1.38. The number of aryl methyl sites for hydroxylation is 1. The van der Waals surface area contributed by atoms with E-state index in [0.717, 1.165) is 20.1 Å². The normalized spacial score (nSPS) is 10.7. The van der Waals surface area contributed by atoms with Gasteiger partial charge in [-0.05, 0) is 17.7 Å². The van der Waals surface area contributed by atoms with Gasteiger partial charge >= 0.3 is 0 Å². The third kappa shape index (κ3) is 2.31. The molecular formula is C11H12BrN3S. The fraction of sp³-hybridized carbons (Fsp3) is 0.182. The van der Waals surface area contributed by atoms with Gasteiger partial charge in [-0.1, -0.05) is 33.8 Å². The Morgan fingerprint density at radius 2 is 2.31 bits per heavy atom. The van der Waals surface area contributed by atoms with Crippen molar-refractivity contribution in [2.75, 3.05) is 0 Å². The second-order valence-corrected chi connectivity index (χ2v) is 5.21. The molecule has 2 rings (SSSR count). The average molecular weight is 298 g/mol. The van der Waals surface area contributed by atoms with Crippen molar-refractivity contribution in [3.63, 3.8) is 0 Å². The second kappa shape index (κ2) is 5.03. The molecule has 3 nitrogen and oxygen atoms in total. The maximum atomic E-state index is 5.75. The molecule has 84 valence electrons. The summed E-state index contributed by atoms with van der Waals surface area (Å²) in [7, 11) is 1.98. The van der Waals surface area contributed by atoms with Crippen LogP contribution in [0.15, 0.2) is 45.1 Å². The smallest absolute Gasteiger partial charge is 0.172 e. The van der Waals surface area contributed by atoms with Gasteiger partial charge in [0.2, 0.25) is 0 Å². The van der Waals surface area contributed by atoms with Crippen LogP contribution in [-0.2, 0) is 13.6 Å². The van der Waals surface area contributed by atoms with Crippen molar-refractivity contribution in [1.29, 1.82) is 0 Å². The van der Waals surface area contributed by atoms with Crippen molar-refractivity contribution in [1.82, 2.24) is 9.55 Å². The maximum Gasteiger partial charge on any atom is 0.172 e. The zero-order valence-electron chi connectivity index (χ0n) is 8.85. The van der Waals surface area contributed by atoms with Gasteiger partial charge in [0.15, 0.2) is 5.16 Å². The second-order valence-electron chi connectivity index (χ2n) is 3.34. The van der Waals surface area contributed by atoms with Gasteiger partial charge in [0, 0.05) is 35.4 Å². The third-order valence-corrected chi connectivity index (χ3v) is 4.18. The molecule has 0 fully saturated rings. The minimum Gasteiger partial charge on any atom is -0.329 e. The molecule has 0 aliphatic carbocycles. The van der Waals surface area contributed by atoms with Crippen molar-refractivity contribution >= 4 is 27.7 Å². The Hall–Kier alpha value is -0.780. The molecule has 0 spiro atoms. The first kappa shape index (κ1) is 11.7. The minimum absolute atomic E-state index is 0.522. The lowest BCUT2D eigenvalue weighted by Crippen LogP contribution is -2.00. The van der Waals surface area contributed by atoms with E-state index >= 15 is 0 Å². The fourth-order valence-corrected chi connectivity index (χ4v) is 3.02. The highest BCUT2D eigenvalue weighted by Crippen LogP contribution is 2.32. The van der Waals surface area contributed by atoms with Crippen molar-refractivity contribution < 1.29 is 0 Å². The SMILES string of the molecule is Cn1ccnc1Sc1cccc(Br)c1CN. The van der Waals surface area contributed by atoms with Gasteiger partial charge in [-0.2, -0.15) is 0 Å². The van der Waals surface area contributed by atoms with Crippen molar-refractivity contribution in [2.24, 2.45) is 12.8 Å². The molecule has 0 radical (unpaired) electrons. The van der Waals surface area contributed by atoms with E-state index in [1.807, 2.05) is 29.9 Å². The number of nitrogens with two attached hydrogens (primary N) is 1. The number of hydrogen-bond acceptors (Lipinski definition) is 3. The number of nitrogens with zero attached hydrogens (tertiary/aromatic N) is 2. The zero-order valence-corrected chi connectivity index (χ0v) is 11.3. The van der Waals surface area contributed by atoms with Gasteiger partial charge in [-0.3, -0.25) is 0 Å². The van der Waals surface area contributed by atoms with Crippen molar-refractivity contribution in [3.8, 4) is 0 Å². The molecule has 0 unspecified atom stereocenters. The van der Waals surface area contributed by atoms with Crippen LogP contribution in [0.25, 0.3) is 0 Å². The van der Waals surface area contributed by atoms with Gasteiger partial charge in [0.05, 0.1) is 0 Å². The number of halogens is 1. The van der Waals surface area contributed by atoms with Crippen LogP contribution in [0.3, 0.4) is 0 Å². The summed E-state index contributed by atoms with van der Waals surface area (Å²) in [5.41, 5.74) is 6.87. The monoisotopic (exact) mass is 297 g/mol. The number of rotatable bonds is 3. The molecule has 2 aromatic rings. The van der Waals surface area contributed by atoms with Crippen LogP contribution in [0, 0.1) is 0 Å². The van der Waals surface area contributed by atoms with E-state index in [1.54, 1.807) is 18.0 Å². The molecular weight excluding hydrogens is 286 g/mol. The minimum atomic E-state index is 0.522. The Balaban J connectivity index is 2.35. The van der Waals surface area contributed by atoms with E-state index in [9.17, 15) is 0 Å². The Kier molecular flexibility index (Phi) is 3.68. The zero-order chi connectivity index (χ0) is 11.5. The lowest BCUT2D eigenvalue weighted by molar-refractivity contribution is 0.789. The first-order valence-corrected chi connectivity index (χ1v) is 6.46. The van der Waals surface area contributed by atoms with Gasteiger partial charge in [0.1, 0.15) is 0 Å². The lowest BCUT2D eigenvalue weighted by atomic mass is 10.2. The van der Waals surface area contributed by atoms with Crippen LogP contribution in [0.5, 0.6) is 0 Å². The maximum absolute atomic E-state index is 5.75. The van der Waals surface area contributed by atoms with Crippen LogP contribution in [0.2, 0.25) is 0 Å². The number of benzene rings is 1. The molecule has 1 aromatic heterocycles. The lowest BCUT2D eigenvalue weighted by Gasteiger charge is -2.08. The van der Waals surface area contributed by atoms with E-state index in [1.165, 1.54) is 0 Å². The topological polar surface area (TPSA) is 43.8 Å². The molecule has 0 saturated carbocycles. The predicted molar refractivity (Wildman–Crippen MR) is 69.4 cm³/mol. The molecule has 0 aliphatic rings. The molecule has 0 atom stereocenters. The summed E-state index contributed by atoms with van der Waals surface area (Å²) in [4.78, 5) is 5.43. The molecule has 0 amide bonds. The summed E-state index contributed by atoms with van der Waals surface area (Å²) in [6, 6.07) is 6.07. The van der Waals surface area contributed by atoms with Crippen LogP contribution in [0.4, 0.5) is 0 Å².